The van der Waals surface area contributed by atoms with Gasteiger partial charge < -0.3 is 24.7 Å². The quantitative estimate of drug-likeness (QED) is 0.662. The van der Waals surface area contributed by atoms with Crippen LogP contribution in [-0.2, 0) is 15.9 Å². The van der Waals surface area contributed by atoms with Gasteiger partial charge in [-0.2, -0.15) is 0 Å². The molecule has 0 aliphatic heterocycles. The van der Waals surface area contributed by atoms with Gasteiger partial charge in [0, 0.05) is 32.8 Å². The van der Waals surface area contributed by atoms with Crippen LogP contribution in [0.25, 0.3) is 0 Å². The van der Waals surface area contributed by atoms with Gasteiger partial charge in [0.2, 0.25) is 0 Å². The minimum absolute atomic E-state index is 0.135. The second-order valence-corrected chi connectivity index (χ2v) is 5.47. The Hall–Kier alpha value is -2.02. The van der Waals surface area contributed by atoms with Crippen LogP contribution >= 0.6 is 0 Å². The van der Waals surface area contributed by atoms with Gasteiger partial charge >= 0.3 is 6.09 Å². The number of ether oxygens (including phenoxy) is 4. The zero-order chi connectivity index (χ0) is 17.2. The van der Waals surface area contributed by atoms with Gasteiger partial charge in [-0.1, -0.05) is 13.8 Å². The summed E-state index contributed by atoms with van der Waals surface area (Å²) in [5, 5.41) is 0. The molecule has 0 fully saturated rings. The largest absolute Gasteiger partial charge is 0.488 e. The normalized spacial score (nSPS) is 12.0. The Morgan fingerprint density at radius 1 is 1.30 bits per heavy atom. The second kappa shape index (κ2) is 9.89. The molecule has 130 valence electrons. The maximum absolute atomic E-state index is 11.0. The summed E-state index contributed by atoms with van der Waals surface area (Å²) in [5.41, 5.74) is 6.00. The van der Waals surface area contributed by atoms with E-state index in [0.29, 0.717) is 31.3 Å². The Morgan fingerprint density at radius 2 is 2.04 bits per heavy atom. The third-order valence-corrected chi connectivity index (χ3v) is 3.27. The lowest BCUT2D eigenvalue weighted by Gasteiger charge is -2.20. The first-order valence-corrected chi connectivity index (χ1v) is 7.58. The molecule has 0 aliphatic carbocycles. The summed E-state index contributed by atoms with van der Waals surface area (Å²) in [4.78, 5) is 15.2. The van der Waals surface area contributed by atoms with E-state index in [4.69, 9.17) is 24.7 Å². The van der Waals surface area contributed by atoms with E-state index in [9.17, 15) is 4.79 Å². The number of pyridine rings is 1. The number of nitrogens with two attached hydrogens (primary N) is 1. The molecule has 7 heteroatoms. The first-order chi connectivity index (χ1) is 11.0. The molecule has 2 N–H and O–H groups in total. The van der Waals surface area contributed by atoms with Crippen LogP contribution in [0.1, 0.15) is 25.8 Å². The topological polar surface area (TPSA) is 92.9 Å². The van der Waals surface area contributed by atoms with E-state index in [0.717, 1.165) is 12.0 Å². The van der Waals surface area contributed by atoms with E-state index < -0.39 is 6.09 Å². The Balaban J connectivity index is 2.80. The fourth-order valence-corrected chi connectivity index (χ4v) is 2.02. The molecule has 1 rings (SSSR count). The Labute approximate surface area is 137 Å². The Kier molecular flexibility index (Phi) is 8.18. The number of methoxy groups -OCH3 is 2. The number of hydrogen-bond donors (Lipinski definition) is 1. The monoisotopic (exact) mass is 326 g/mol. The van der Waals surface area contributed by atoms with E-state index >= 15 is 0 Å². The summed E-state index contributed by atoms with van der Waals surface area (Å²) in [6.45, 7) is 5.05. The molecule has 1 atom stereocenters. The molecule has 1 amide bonds. The van der Waals surface area contributed by atoms with Crippen LogP contribution in [0.5, 0.6) is 11.6 Å². The summed E-state index contributed by atoms with van der Waals surface area (Å²) in [6.07, 6.45) is 1.86. The predicted molar refractivity (Wildman–Crippen MR) is 85.8 cm³/mol. The van der Waals surface area contributed by atoms with E-state index in [1.807, 2.05) is 19.9 Å². The van der Waals surface area contributed by atoms with Crippen LogP contribution in [0.4, 0.5) is 4.79 Å². The van der Waals surface area contributed by atoms with Gasteiger partial charge in [-0.15, -0.1) is 0 Å². The molecule has 0 spiro atoms. The van der Waals surface area contributed by atoms with Crippen LogP contribution in [0, 0.1) is 5.92 Å². The van der Waals surface area contributed by atoms with Crippen molar-refractivity contribution in [3.05, 3.63) is 17.8 Å². The van der Waals surface area contributed by atoms with E-state index in [1.54, 1.807) is 13.3 Å². The van der Waals surface area contributed by atoms with Gasteiger partial charge in [-0.25, -0.2) is 9.78 Å². The zero-order valence-corrected chi connectivity index (χ0v) is 14.2. The molecule has 1 unspecified atom stereocenters. The molecule has 7 nitrogen and oxygen atoms in total. The van der Waals surface area contributed by atoms with Crippen molar-refractivity contribution < 1.29 is 23.7 Å². The highest BCUT2D eigenvalue weighted by Crippen LogP contribution is 2.26. The van der Waals surface area contributed by atoms with E-state index in [2.05, 4.69) is 4.98 Å². The van der Waals surface area contributed by atoms with Crippen molar-refractivity contribution in [2.75, 3.05) is 27.4 Å². The highest BCUT2D eigenvalue weighted by molar-refractivity contribution is 5.64. The number of rotatable bonds is 10. The van der Waals surface area contributed by atoms with E-state index in [1.165, 1.54) is 7.11 Å². The molecule has 0 aliphatic rings. The Bertz CT molecular complexity index is 493. The standard InChI is InChI=1S/C16H26N2O5/c1-11(2)13(23-16(17)19)8-12-9-14(15(21-4)18-10-12)22-7-5-6-20-3/h9-11,13H,5-8H2,1-4H3,(H2,17,19). The number of primary amides is 1. The van der Waals surface area contributed by atoms with Crippen LogP contribution in [0.2, 0.25) is 0 Å². The fraction of sp³-hybridized carbons (Fsp3) is 0.625. The maximum atomic E-state index is 11.0. The highest BCUT2D eigenvalue weighted by atomic mass is 16.6. The molecule has 0 bridgehead atoms. The summed E-state index contributed by atoms with van der Waals surface area (Å²) in [5.74, 6) is 1.11. The molecule has 23 heavy (non-hydrogen) atoms. The van der Waals surface area contributed by atoms with Gasteiger partial charge in [0.05, 0.1) is 13.7 Å². The smallest absolute Gasteiger partial charge is 0.404 e. The number of carbonyl (C=O) groups is 1. The second-order valence-electron chi connectivity index (χ2n) is 5.47. The van der Waals surface area contributed by atoms with Crippen molar-refractivity contribution in [3.8, 4) is 11.6 Å². The fourth-order valence-electron chi connectivity index (χ4n) is 2.02. The minimum Gasteiger partial charge on any atom is -0.488 e. The average molecular weight is 326 g/mol. The minimum atomic E-state index is -0.777. The summed E-state index contributed by atoms with van der Waals surface area (Å²) >= 11 is 0. The van der Waals surface area contributed by atoms with E-state index in [-0.39, 0.29) is 12.0 Å². The lowest BCUT2D eigenvalue weighted by molar-refractivity contribution is 0.0787. The molecule has 1 aromatic heterocycles. The van der Waals surface area contributed by atoms with Crippen molar-refractivity contribution in [2.45, 2.75) is 32.8 Å². The van der Waals surface area contributed by atoms with Crippen LogP contribution in [0.3, 0.4) is 0 Å². The van der Waals surface area contributed by atoms with Crippen molar-refractivity contribution in [3.63, 3.8) is 0 Å². The van der Waals surface area contributed by atoms with Crippen molar-refractivity contribution >= 4 is 6.09 Å². The van der Waals surface area contributed by atoms with Gasteiger partial charge in [-0.3, -0.25) is 0 Å². The molecule has 0 saturated heterocycles. The number of aromatic nitrogens is 1. The highest BCUT2D eigenvalue weighted by Gasteiger charge is 2.19. The SMILES string of the molecule is COCCCOc1cc(CC(OC(N)=O)C(C)C)cnc1OC. The summed E-state index contributed by atoms with van der Waals surface area (Å²) < 4.78 is 21.0. The molecule has 1 aromatic rings. The van der Waals surface area contributed by atoms with Crippen molar-refractivity contribution in [1.82, 2.24) is 4.98 Å². The van der Waals surface area contributed by atoms with Gasteiger partial charge in [-0.05, 0) is 17.5 Å². The summed E-state index contributed by atoms with van der Waals surface area (Å²) in [7, 11) is 3.19. The van der Waals surface area contributed by atoms with Gasteiger partial charge in [0.15, 0.2) is 5.75 Å². The molecule has 1 heterocycles. The van der Waals surface area contributed by atoms with Crippen molar-refractivity contribution in [1.29, 1.82) is 0 Å². The van der Waals surface area contributed by atoms with Gasteiger partial charge in [0.1, 0.15) is 6.10 Å². The molecular weight excluding hydrogens is 300 g/mol. The molecular formula is C16H26N2O5. The lowest BCUT2D eigenvalue weighted by atomic mass is 10.00. The van der Waals surface area contributed by atoms with Crippen LogP contribution < -0.4 is 15.2 Å². The molecule has 0 aromatic carbocycles. The van der Waals surface area contributed by atoms with Crippen LogP contribution in [0.15, 0.2) is 12.3 Å². The van der Waals surface area contributed by atoms with Crippen LogP contribution in [-0.4, -0.2) is 44.6 Å². The number of hydrogen-bond acceptors (Lipinski definition) is 6. The van der Waals surface area contributed by atoms with Gasteiger partial charge in [0.25, 0.3) is 5.88 Å². The predicted octanol–water partition coefficient (Wildman–Crippen LogP) is 2.17. The first-order valence-electron chi connectivity index (χ1n) is 7.58. The Morgan fingerprint density at radius 3 is 2.61 bits per heavy atom. The third-order valence-electron chi connectivity index (χ3n) is 3.27. The number of amides is 1. The summed E-state index contributed by atoms with van der Waals surface area (Å²) in [6, 6.07) is 1.85. The maximum Gasteiger partial charge on any atom is 0.404 e. The number of carbonyl (C=O) groups excluding carboxylic acids is 1. The zero-order valence-electron chi connectivity index (χ0n) is 14.2. The average Bonchev–Trinajstić information content (AvgIpc) is 2.50. The first kappa shape index (κ1) is 19.0. The lowest BCUT2D eigenvalue weighted by Crippen LogP contribution is -2.29. The molecule has 0 saturated carbocycles. The third kappa shape index (κ3) is 6.73. The van der Waals surface area contributed by atoms with Crippen molar-refractivity contribution in [2.24, 2.45) is 11.7 Å². The molecule has 0 radical (unpaired) electrons. The number of nitrogens with zero attached hydrogens (tertiary/aromatic N) is 1.